The van der Waals surface area contributed by atoms with Gasteiger partial charge in [0.1, 0.15) is 5.82 Å². The minimum Gasteiger partial charge on any atom is -0.493 e. The molecule has 0 saturated carbocycles. The Morgan fingerprint density at radius 2 is 1.58 bits per heavy atom. The Kier molecular flexibility index (Phi) is 6.65. The van der Waals surface area contributed by atoms with E-state index in [9.17, 15) is 8.42 Å². The molecule has 0 bridgehead atoms. The summed E-state index contributed by atoms with van der Waals surface area (Å²) in [6.07, 6.45) is 1.80. The Labute approximate surface area is 212 Å². The van der Waals surface area contributed by atoms with E-state index >= 15 is 0 Å². The molecule has 5 rings (SSSR count). The van der Waals surface area contributed by atoms with Gasteiger partial charge in [-0.05, 0) is 47.0 Å². The first-order valence-electron chi connectivity index (χ1n) is 11.8. The summed E-state index contributed by atoms with van der Waals surface area (Å²) in [5.74, 6) is 2.35. The van der Waals surface area contributed by atoms with Crippen molar-refractivity contribution in [2.45, 2.75) is 23.1 Å². The van der Waals surface area contributed by atoms with Crippen LogP contribution in [0.3, 0.4) is 0 Å². The van der Waals surface area contributed by atoms with E-state index in [-0.39, 0.29) is 11.7 Å². The molecule has 0 aliphatic carbocycles. The highest BCUT2D eigenvalue weighted by molar-refractivity contribution is 7.90. The number of ether oxygens (including phenoxy) is 2. The lowest BCUT2D eigenvalue weighted by molar-refractivity contribution is 0.354. The zero-order chi connectivity index (χ0) is 25.1. The zero-order valence-electron chi connectivity index (χ0n) is 20.3. The summed E-state index contributed by atoms with van der Waals surface area (Å²) in [5.41, 5.74) is 4.03. The van der Waals surface area contributed by atoms with Crippen LogP contribution in [0.2, 0.25) is 0 Å². The van der Waals surface area contributed by atoms with Gasteiger partial charge < -0.3 is 14.4 Å². The molecule has 36 heavy (non-hydrogen) atoms. The van der Waals surface area contributed by atoms with Crippen molar-refractivity contribution in [2.24, 2.45) is 0 Å². The molecule has 1 aliphatic heterocycles. The third-order valence-corrected chi connectivity index (χ3v) is 8.31. The molecule has 0 saturated heterocycles. The molecule has 1 aliphatic rings. The summed E-state index contributed by atoms with van der Waals surface area (Å²) < 4.78 is 37.1. The number of hydrogen-bond donors (Lipinski definition) is 0. The lowest BCUT2D eigenvalue weighted by atomic mass is 9.94. The Bertz CT molecular complexity index is 1470. The van der Waals surface area contributed by atoms with Crippen LogP contribution in [0.4, 0.5) is 5.82 Å². The molecule has 4 aromatic rings. The van der Waals surface area contributed by atoms with Gasteiger partial charge in [0, 0.05) is 30.8 Å². The van der Waals surface area contributed by atoms with Gasteiger partial charge in [-0.1, -0.05) is 54.6 Å². The number of rotatable bonds is 8. The number of aromatic nitrogens is 1. The van der Waals surface area contributed by atoms with Gasteiger partial charge in [0.15, 0.2) is 21.3 Å². The maximum Gasteiger partial charge on any atom is 0.182 e. The van der Waals surface area contributed by atoms with E-state index in [0.29, 0.717) is 22.9 Å². The number of fused-ring (bicyclic) bond motifs is 1. The lowest BCUT2D eigenvalue weighted by Crippen LogP contribution is -2.23. The van der Waals surface area contributed by atoms with Gasteiger partial charge in [0.05, 0.1) is 24.9 Å². The maximum absolute atomic E-state index is 13.1. The van der Waals surface area contributed by atoms with Crippen LogP contribution in [0, 0.1) is 0 Å². The van der Waals surface area contributed by atoms with E-state index in [1.165, 1.54) is 0 Å². The van der Waals surface area contributed by atoms with Crippen molar-refractivity contribution in [1.29, 1.82) is 0 Å². The largest absolute Gasteiger partial charge is 0.493 e. The number of methoxy groups -OCH3 is 2. The molecule has 184 valence electrons. The summed E-state index contributed by atoms with van der Waals surface area (Å²) in [5, 5.41) is 0. The van der Waals surface area contributed by atoms with Gasteiger partial charge in [-0.15, -0.1) is 0 Å². The molecule has 0 N–H and O–H groups in total. The van der Waals surface area contributed by atoms with Gasteiger partial charge in [-0.2, -0.15) is 0 Å². The molecule has 1 aromatic heterocycles. The van der Waals surface area contributed by atoms with Crippen molar-refractivity contribution < 1.29 is 17.9 Å². The van der Waals surface area contributed by atoms with Gasteiger partial charge in [-0.3, -0.25) is 0 Å². The van der Waals surface area contributed by atoms with Crippen LogP contribution in [-0.4, -0.2) is 34.2 Å². The second-order valence-corrected chi connectivity index (χ2v) is 10.8. The predicted octanol–water partition coefficient (Wildman–Crippen LogP) is 5.22. The Morgan fingerprint density at radius 3 is 2.33 bits per heavy atom. The van der Waals surface area contributed by atoms with Crippen molar-refractivity contribution in [1.82, 2.24) is 4.98 Å². The number of hydrogen-bond acceptors (Lipinski definition) is 6. The molecule has 2 heterocycles. The van der Waals surface area contributed by atoms with Gasteiger partial charge >= 0.3 is 0 Å². The van der Waals surface area contributed by atoms with E-state index in [2.05, 4.69) is 17.0 Å². The second kappa shape index (κ2) is 10.0. The number of sulfone groups is 1. The molecular formula is C29H28N2O4S. The number of nitrogens with zero attached hydrogens (tertiary/aromatic N) is 2. The van der Waals surface area contributed by atoms with Gasteiger partial charge in [0.2, 0.25) is 0 Å². The minimum atomic E-state index is -3.46. The van der Waals surface area contributed by atoms with Gasteiger partial charge in [-0.25, -0.2) is 13.4 Å². The zero-order valence-corrected chi connectivity index (χ0v) is 21.1. The van der Waals surface area contributed by atoms with E-state index in [1.54, 1.807) is 44.7 Å². The number of pyridine rings is 1. The van der Waals surface area contributed by atoms with E-state index < -0.39 is 9.84 Å². The van der Waals surface area contributed by atoms with Gasteiger partial charge in [0.25, 0.3) is 0 Å². The van der Waals surface area contributed by atoms with Crippen LogP contribution in [0.5, 0.6) is 11.5 Å². The molecule has 0 fully saturated rings. The fourth-order valence-electron chi connectivity index (χ4n) is 4.82. The quantitative estimate of drug-likeness (QED) is 0.330. The summed E-state index contributed by atoms with van der Waals surface area (Å²) in [7, 11) is -0.192. The molecule has 0 spiro atoms. The Morgan fingerprint density at radius 1 is 0.861 bits per heavy atom. The maximum atomic E-state index is 13.1. The predicted molar refractivity (Wildman–Crippen MR) is 140 cm³/mol. The van der Waals surface area contributed by atoms with Crippen molar-refractivity contribution in [3.05, 3.63) is 113 Å². The molecule has 3 aromatic carbocycles. The van der Waals surface area contributed by atoms with Crippen molar-refractivity contribution in [3.8, 4) is 11.5 Å². The summed E-state index contributed by atoms with van der Waals surface area (Å²) >= 11 is 0. The molecule has 1 atom stereocenters. The number of benzene rings is 3. The summed E-state index contributed by atoms with van der Waals surface area (Å²) in [4.78, 5) is 7.25. The van der Waals surface area contributed by atoms with Crippen LogP contribution in [0.1, 0.15) is 28.2 Å². The first-order valence-corrected chi connectivity index (χ1v) is 13.4. The van der Waals surface area contributed by atoms with Crippen LogP contribution in [-0.2, 0) is 22.1 Å². The fraction of sp³-hybridized carbons (Fsp3) is 0.207. The normalized spacial score (nSPS) is 14.9. The number of anilines is 1. The van der Waals surface area contributed by atoms with E-state index in [1.807, 2.05) is 48.5 Å². The van der Waals surface area contributed by atoms with Crippen LogP contribution < -0.4 is 14.4 Å². The minimum absolute atomic E-state index is 0.0464. The molecule has 0 radical (unpaired) electrons. The topological polar surface area (TPSA) is 68.7 Å². The van der Waals surface area contributed by atoms with Crippen LogP contribution in [0.15, 0.2) is 96.0 Å². The first-order chi connectivity index (χ1) is 17.5. The van der Waals surface area contributed by atoms with Crippen molar-refractivity contribution in [3.63, 3.8) is 0 Å². The molecule has 6 nitrogen and oxygen atoms in total. The van der Waals surface area contributed by atoms with Crippen molar-refractivity contribution in [2.75, 3.05) is 25.7 Å². The highest BCUT2D eigenvalue weighted by Crippen LogP contribution is 2.41. The molecular weight excluding hydrogens is 472 g/mol. The third-order valence-electron chi connectivity index (χ3n) is 6.63. The fourth-order valence-corrected chi connectivity index (χ4v) is 6.25. The van der Waals surface area contributed by atoms with Crippen LogP contribution >= 0.6 is 0 Å². The highest BCUT2D eigenvalue weighted by Gasteiger charge is 2.32. The summed E-state index contributed by atoms with van der Waals surface area (Å²) in [6, 6.07) is 26.4. The average Bonchev–Trinajstić information content (AvgIpc) is 3.28. The van der Waals surface area contributed by atoms with E-state index in [0.717, 1.165) is 34.6 Å². The smallest absolute Gasteiger partial charge is 0.182 e. The van der Waals surface area contributed by atoms with E-state index in [4.69, 9.17) is 14.5 Å². The van der Waals surface area contributed by atoms with Crippen LogP contribution in [0.25, 0.3) is 0 Å². The Hall–Kier alpha value is -3.84. The summed E-state index contributed by atoms with van der Waals surface area (Å²) in [6.45, 7) is 1.29. The molecule has 1 unspecified atom stereocenters. The monoisotopic (exact) mass is 500 g/mol. The van der Waals surface area contributed by atoms with Crippen molar-refractivity contribution >= 4 is 15.7 Å². The SMILES string of the molecule is COc1ccc(C2CN(Cc3ccccc3CS(=O)(=O)c3ccccc3)c3ncccc32)cc1OC. The first kappa shape index (κ1) is 23.9. The highest BCUT2D eigenvalue weighted by atomic mass is 32.2. The third kappa shape index (κ3) is 4.66. The molecule has 0 amide bonds. The lowest BCUT2D eigenvalue weighted by Gasteiger charge is -2.21. The standard InChI is InChI=1S/C29H28N2O4S/c1-34-27-15-14-21(17-28(27)35-2)26-19-31(29-25(26)13-8-16-30-29)18-22-9-6-7-10-23(22)20-36(32,33)24-11-4-3-5-12-24/h3-17,26H,18-20H2,1-2H3. The average molecular weight is 501 g/mol. The second-order valence-electron chi connectivity index (χ2n) is 8.80. The molecule has 7 heteroatoms. The Balaban J connectivity index is 1.44.